The molecule has 2 aromatic carbocycles. The van der Waals surface area contributed by atoms with E-state index < -0.39 is 28.5 Å². The molecule has 0 spiro atoms. The van der Waals surface area contributed by atoms with Crippen LogP contribution in [0.4, 0.5) is 15.8 Å². The number of hydrogen-bond donors (Lipinski definition) is 1. The number of carbonyl (C=O) groups excluding carboxylic acids is 1. The van der Waals surface area contributed by atoms with Gasteiger partial charge in [0, 0.05) is 25.8 Å². The molecule has 0 aliphatic carbocycles. The molecule has 10 heteroatoms. The van der Waals surface area contributed by atoms with Crippen LogP contribution >= 0.6 is 0 Å². The SMILES string of the molecule is CN(C)S(=O)(=O)N(CC(=O)Nc1ccc2c(c1)OCCO2)c1ccc(F)cc1. The van der Waals surface area contributed by atoms with Gasteiger partial charge < -0.3 is 14.8 Å². The van der Waals surface area contributed by atoms with E-state index >= 15 is 0 Å². The third-order valence-corrected chi connectivity index (χ3v) is 5.79. The summed E-state index contributed by atoms with van der Waals surface area (Å²) in [4.78, 5) is 12.5. The number of nitrogens with one attached hydrogen (secondary N) is 1. The summed E-state index contributed by atoms with van der Waals surface area (Å²) in [6.45, 7) is 0.373. The van der Waals surface area contributed by atoms with Gasteiger partial charge in [0.05, 0.1) is 5.69 Å². The highest BCUT2D eigenvalue weighted by Crippen LogP contribution is 2.32. The number of anilines is 2. The first-order chi connectivity index (χ1) is 13.3. The zero-order chi connectivity index (χ0) is 20.3. The van der Waals surface area contributed by atoms with Gasteiger partial charge in [0.1, 0.15) is 25.6 Å². The third-order valence-electron chi connectivity index (χ3n) is 3.97. The van der Waals surface area contributed by atoms with Gasteiger partial charge >= 0.3 is 10.2 Å². The van der Waals surface area contributed by atoms with E-state index in [0.29, 0.717) is 30.4 Å². The third kappa shape index (κ3) is 4.34. The van der Waals surface area contributed by atoms with Crippen LogP contribution < -0.4 is 19.1 Å². The van der Waals surface area contributed by atoms with Gasteiger partial charge in [-0.1, -0.05) is 0 Å². The van der Waals surface area contributed by atoms with E-state index in [4.69, 9.17) is 9.47 Å². The smallest absolute Gasteiger partial charge is 0.304 e. The number of nitrogens with zero attached hydrogens (tertiary/aromatic N) is 2. The summed E-state index contributed by atoms with van der Waals surface area (Å²) < 4.78 is 51.3. The number of halogens is 1. The second-order valence-electron chi connectivity index (χ2n) is 6.18. The molecule has 1 aliphatic rings. The summed E-state index contributed by atoms with van der Waals surface area (Å²) in [5, 5.41) is 2.64. The number of fused-ring (bicyclic) bond motifs is 1. The highest BCUT2D eigenvalue weighted by molar-refractivity contribution is 7.90. The van der Waals surface area contributed by atoms with Gasteiger partial charge in [0.15, 0.2) is 11.5 Å². The summed E-state index contributed by atoms with van der Waals surface area (Å²) in [6.07, 6.45) is 0. The normalized spacial score (nSPS) is 13.3. The van der Waals surface area contributed by atoms with Crippen molar-refractivity contribution in [3.05, 3.63) is 48.3 Å². The lowest BCUT2D eigenvalue weighted by molar-refractivity contribution is -0.114. The van der Waals surface area contributed by atoms with Crippen LogP contribution in [0.3, 0.4) is 0 Å². The van der Waals surface area contributed by atoms with Crippen LogP contribution in [0.5, 0.6) is 11.5 Å². The van der Waals surface area contributed by atoms with E-state index in [-0.39, 0.29) is 5.69 Å². The number of rotatable bonds is 6. The molecule has 1 amide bonds. The van der Waals surface area contributed by atoms with Crippen LogP contribution in [0.15, 0.2) is 42.5 Å². The average molecular weight is 409 g/mol. The first-order valence-corrected chi connectivity index (χ1v) is 9.82. The van der Waals surface area contributed by atoms with E-state index in [1.165, 1.54) is 26.2 Å². The Labute approximate surface area is 162 Å². The van der Waals surface area contributed by atoms with Crippen LogP contribution in [-0.2, 0) is 15.0 Å². The Morgan fingerprint density at radius 1 is 1.07 bits per heavy atom. The van der Waals surface area contributed by atoms with E-state index in [1.54, 1.807) is 18.2 Å². The minimum absolute atomic E-state index is 0.174. The molecule has 28 heavy (non-hydrogen) atoms. The van der Waals surface area contributed by atoms with Gasteiger partial charge in [0.2, 0.25) is 5.91 Å². The van der Waals surface area contributed by atoms with Gasteiger partial charge in [0.25, 0.3) is 0 Å². The first-order valence-electron chi connectivity index (χ1n) is 8.42. The summed E-state index contributed by atoms with van der Waals surface area (Å²) in [6, 6.07) is 9.77. The Morgan fingerprint density at radius 2 is 1.71 bits per heavy atom. The molecule has 2 aromatic rings. The van der Waals surface area contributed by atoms with Crippen molar-refractivity contribution in [2.45, 2.75) is 0 Å². The molecule has 0 fully saturated rings. The first kappa shape index (κ1) is 19.9. The zero-order valence-corrected chi connectivity index (χ0v) is 16.2. The molecule has 0 saturated heterocycles. The fourth-order valence-electron chi connectivity index (χ4n) is 2.56. The van der Waals surface area contributed by atoms with Crippen LogP contribution in [-0.4, -0.2) is 52.5 Å². The van der Waals surface area contributed by atoms with Gasteiger partial charge in [-0.05, 0) is 36.4 Å². The van der Waals surface area contributed by atoms with Crippen molar-refractivity contribution in [1.82, 2.24) is 4.31 Å². The van der Waals surface area contributed by atoms with Crippen LogP contribution in [0.1, 0.15) is 0 Å². The Morgan fingerprint density at radius 3 is 2.36 bits per heavy atom. The molecule has 0 aromatic heterocycles. The molecule has 1 aliphatic heterocycles. The Kier molecular flexibility index (Phi) is 5.71. The molecule has 1 N–H and O–H groups in total. The van der Waals surface area contributed by atoms with Crippen molar-refractivity contribution >= 4 is 27.5 Å². The molecular formula is C18H20FN3O5S. The molecule has 1 heterocycles. The predicted octanol–water partition coefficient (Wildman–Crippen LogP) is 1.85. The zero-order valence-electron chi connectivity index (χ0n) is 15.4. The van der Waals surface area contributed by atoms with Crippen LogP contribution in [0.25, 0.3) is 0 Å². The van der Waals surface area contributed by atoms with E-state index in [2.05, 4.69) is 5.32 Å². The van der Waals surface area contributed by atoms with E-state index in [1.807, 2.05) is 0 Å². The minimum Gasteiger partial charge on any atom is -0.486 e. The van der Waals surface area contributed by atoms with Gasteiger partial charge in [-0.2, -0.15) is 12.7 Å². The molecule has 0 bridgehead atoms. The fourth-order valence-corrected chi connectivity index (χ4v) is 3.63. The van der Waals surface area contributed by atoms with Crippen molar-refractivity contribution in [1.29, 1.82) is 0 Å². The highest BCUT2D eigenvalue weighted by Gasteiger charge is 2.27. The molecule has 150 valence electrons. The monoisotopic (exact) mass is 409 g/mol. The maximum Gasteiger partial charge on any atom is 0.304 e. The fraction of sp³-hybridized carbons (Fsp3) is 0.278. The van der Waals surface area contributed by atoms with Crippen molar-refractivity contribution in [3.8, 4) is 11.5 Å². The standard InChI is InChI=1S/C18H20FN3O5S/c1-21(2)28(24,25)22(15-6-3-13(19)4-7-15)12-18(23)20-14-5-8-16-17(11-14)27-10-9-26-16/h3-8,11H,9-10,12H2,1-2H3,(H,20,23). The van der Waals surface area contributed by atoms with Crippen LogP contribution in [0.2, 0.25) is 0 Å². The topological polar surface area (TPSA) is 88.2 Å². The maximum atomic E-state index is 13.2. The molecule has 0 radical (unpaired) electrons. The van der Waals surface area contributed by atoms with Crippen LogP contribution in [0, 0.1) is 5.82 Å². The van der Waals surface area contributed by atoms with Gasteiger partial charge in [-0.3, -0.25) is 4.79 Å². The molecular weight excluding hydrogens is 389 g/mol. The summed E-state index contributed by atoms with van der Waals surface area (Å²) in [5.41, 5.74) is 0.614. The minimum atomic E-state index is -3.97. The molecule has 8 nitrogen and oxygen atoms in total. The lowest BCUT2D eigenvalue weighted by atomic mass is 10.2. The predicted molar refractivity (Wildman–Crippen MR) is 102 cm³/mol. The second-order valence-corrected chi connectivity index (χ2v) is 8.25. The maximum absolute atomic E-state index is 13.2. The van der Waals surface area contributed by atoms with Crippen molar-refractivity contribution < 1.29 is 27.1 Å². The highest BCUT2D eigenvalue weighted by atomic mass is 32.2. The molecule has 0 unspecified atom stereocenters. The van der Waals surface area contributed by atoms with Gasteiger partial charge in [-0.25, -0.2) is 8.70 Å². The van der Waals surface area contributed by atoms with E-state index in [9.17, 15) is 17.6 Å². The quantitative estimate of drug-likeness (QED) is 0.787. The lowest BCUT2D eigenvalue weighted by Crippen LogP contribution is -2.44. The number of benzene rings is 2. The second kappa shape index (κ2) is 8.03. The Balaban J connectivity index is 1.80. The summed E-state index contributed by atoms with van der Waals surface area (Å²) >= 11 is 0. The molecule has 0 saturated carbocycles. The number of ether oxygens (including phenoxy) is 2. The lowest BCUT2D eigenvalue weighted by Gasteiger charge is -2.27. The molecule has 3 rings (SSSR count). The Hall–Kier alpha value is -2.85. The molecule has 0 atom stereocenters. The van der Waals surface area contributed by atoms with Crippen molar-refractivity contribution in [2.24, 2.45) is 0 Å². The largest absolute Gasteiger partial charge is 0.486 e. The van der Waals surface area contributed by atoms with Crippen molar-refractivity contribution in [2.75, 3.05) is 43.5 Å². The Bertz CT molecular complexity index is 964. The number of hydrogen-bond acceptors (Lipinski definition) is 5. The van der Waals surface area contributed by atoms with E-state index in [0.717, 1.165) is 20.7 Å². The number of carbonyl (C=O) groups is 1. The summed E-state index contributed by atoms with van der Waals surface area (Å²) in [5.74, 6) is 0.00540. The average Bonchev–Trinajstić information content (AvgIpc) is 2.66. The van der Waals surface area contributed by atoms with Crippen molar-refractivity contribution in [3.63, 3.8) is 0 Å². The summed E-state index contributed by atoms with van der Waals surface area (Å²) in [7, 11) is -1.26. The van der Waals surface area contributed by atoms with Gasteiger partial charge in [-0.15, -0.1) is 0 Å². The number of amides is 1.